The fourth-order valence-electron chi connectivity index (χ4n) is 1.17. The van der Waals surface area contributed by atoms with Gasteiger partial charge in [0, 0.05) is 6.07 Å². The third-order valence-corrected chi connectivity index (χ3v) is 1.90. The molecule has 0 aliphatic heterocycles. The monoisotopic (exact) mass is 226 g/mol. The molecule has 0 amide bonds. The molecule has 5 nitrogen and oxygen atoms in total. The zero-order valence-corrected chi connectivity index (χ0v) is 9.23. The van der Waals surface area contributed by atoms with Crippen molar-refractivity contribution >= 4 is 5.97 Å². The Morgan fingerprint density at radius 1 is 1.25 bits per heavy atom. The van der Waals surface area contributed by atoms with Crippen LogP contribution in [0.4, 0.5) is 0 Å². The second-order valence-corrected chi connectivity index (χ2v) is 2.96. The molecule has 1 rings (SSSR count). The summed E-state index contributed by atoms with van der Waals surface area (Å²) in [5.41, 5.74) is 0.342. The second-order valence-electron chi connectivity index (χ2n) is 2.96. The Kier molecular flexibility index (Phi) is 4.60. The number of benzene rings is 1. The second kappa shape index (κ2) is 5.97. The van der Waals surface area contributed by atoms with Crippen LogP contribution in [0.1, 0.15) is 10.4 Å². The first-order valence-electron chi connectivity index (χ1n) is 4.72. The number of esters is 1. The standard InChI is InChI=1S/C11H14O5/c1-14-9-5-8(11(13)15-2)6-10(7-9)16-4-3-12/h5-7,12H,3-4H2,1-2H3. The molecule has 0 atom stereocenters. The molecule has 0 heterocycles. The topological polar surface area (TPSA) is 65.0 Å². The number of methoxy groups -OCH3 is 2. The molecule has 0 radical (unpaired) electrons. The summed E-state index contributed by atoms with van der Waals surface area (Å²) in [7, 11) is 2.79. The fraction of sp³-hybridized carbons (Fsp3) is 0.364. The summed E-state index contributed by atoms with van der Waals surface area (Å²) < 4.78 is 14.8. The summed E-state index contributed by atoms with van der Waals surface area (Å²) in [5.74, 6) is 0.484. The van der Waals surface area contributed by atoms with Crippen LogP contribution in [0.25, 0.3) is 0 Å². The molecule has 0 aliphatic carbocycles. The Morgan fingerprint density at radius 3 is 2.50 bits per heavy atom. The molecule has 0 unspecified atom stereocenters. The Morgan fingerprint density at radius 2 is 1.94 bits per heavy atom. The molecule has 0 saturated carbocycles. The first kappa shape index (κ1) is 12.3. The zero-order valence-electron chi connectivity index (χ0n) is 9.23. The zero-order chi connectivity index (χ0) is 12.0. The van der Waals surface area contributed by atoms with Crippen LogP contribution in [0.15, 0.2) is 18.2 Å². The maximum atomic E-state index is 11.3. The first-order chi connectivity index (χ1) is 7.71. The van der Waals surface area contributed by atoms with Crippen molar-refractivity contribution in [3.05, 3.63) is 23.8 Å². The molecule has 0 fully saturated rings. The molecule has 16 heavy (non-hydrogen) atoms. The lowest BCUT2D eigenvalue weighted by atomic mass is 10.2. The Hall–Kier alpha value is -1.75. The van der Waals surface area contributed by atoms with Gasteiger partial charge in [0.05, 0.1) is 26.4 Å². The van der Waals surface area contributed by atoms with Gasteiger partial charge in [-0.1, -0.05) is 0 Å². The Bertz CT molecular complexity index is 361. The smallest absolute Gasteiger partial charge is 0.338 e. The summed E-state index contributed by atoms with van der Waals surface area (Å²) in [6, 6.07) is 4.71. The SMILES string of the molecule is COC(=O)c1cc(OC)cc(OCCO)c1. The van der Waals surface area contributed by atoms with Crippen LogP contribution < -0.4 is 9.47 Å². The van der Waals surface area contributed by atoms with E-state index in [2.05, 4.69) is 4.74 Å². The molecule has 1 aromatic carbocycles. The Balaban J connectivity index is 2.96. The highest BCUT2D eigenvalue weighted by Crippen LogP contribution is 2.23. The van der Waals surface area contributed by atoms with Crippen molar-refractivity contribution in [1.29, 1.82) is 0 Å². The molecular weight excluding hydrogens is 212 g/mol. The van der Waals surface area contributed by atoms with E-state index in [4.69, 9.17) is 14.6 Å². The summed E-state index contributed by atoms with van der Waals surface area (Å²) in [5, 5.41) is 8.63. The van der Waals surface area contributed by atoms with Crippen LogP contribution in [0.2, 0.25) is 0 Å². The van der Waals surface area contributed by atoms with Gasteiger partial charge in [0.2, 0.25) is 0 Å². The van der Waals surface area contributed by atoms with Gasteiger partial charge in [-0.2, -0.15) is 0 Å². The minimum absolute atomic E-state index is 0.0925. The van der Waals surface area contributed by atoms with E-state index in [-0.39, 0.29) is 13.2 Å². The van der Waals surface area contributed by atoms with Gasteiger partial charge >= 0.3 is 5.97 Å². The van der Waals surface area contributed by atoms with E-state index in [0.29, 0.717) is 17.1 Å². The lowest BCUT2D eigenvalue weighted by Crippen LogP contribution is -2.05. The van der Waals surface area contributed by atoms with Gasteiger partial charge in [-0.15, -0.1) is 0 Å². The summed E-state index contributed by atoms with van der Waals surface area (Å²) in [6.45, 7) is 0.0680. The predicted octanol–water partition coefficient (Wildman–Crippen LogP) is 0.853. The lowest BCUT2D eigenvalue weighted by molar-refractivity contribution is 0.0599. The van der Waals surface area contributed by atoms with Crippen LogP contribution in [0, 0.1) is 0 Å². The normalized spacial score (nSPS) is 9.69. The van der Waals surface area contributed by atoms with Crippen LogP contribution in [-0.2, 0) is 4.74 Å². The molecule has 0 spiro atoms. The van der Waals surface area contributed by atoms with Crippen molar-refractivity contribution in [1.82, 2.24) is 0 Å². The number of hydrogen-bond donors (Lipinski definition) is 1. The quantitative estimate of drug-likeness (QED) is 0.754. The summed E-state index contributed by atoms with van der Waals surface area (Å²) in [4.78, 5) is 11.3. The van der Waals surface area contributed by atoms with Gasteiger partial charge in [-0.3, -0.25) is 0 Å². The van der Waals surface area contributed by atoms with Crippen LogP contribution in [0.3, 0.4) is 0 Å². The Labute approximate surface area is 93.6 Å². The maximum absolute atomic E-state index is 11.3. The van der Waals surface area contributed by atoms with E-state index in [1.165, 1.54) is 20.3 Å². The number of aliphatic hydroxyl groups excluding tert-OH is 1. The van der Waals surface area contributed by atoms with Crippen molar-refractivity contribution in [2.75, 3.05) is 27.4 Å². The van der Waals surface area contributed by atoms with Gasteiger partial charge < -0.3 is 19.3 Å². The molecule has 5 heteroatoms. The highest BCUT2D eigenvalue weighted by atomic mass is 16.5. The van der Waals surface area contributed by atoms with Gasteiger partial charge in [-0.25, -0.2) is 4.79 Å². The molecule has 0 aliphatic rings. The molecule has 1 N–H and O–H groups in total. The molecule has 88 valence electrons. The van der Waals surface area contributed by atoms with Crippen LogP contribution in [0.5, 0.6) is 11.5 Å². The predicted molar refractivity (Wildman–Crippen MR) is 56.9 cm³/mol. The lowest BCUT2D eigenvalue weighted by Gasteiger charge is -2.08. The van der Waals surface area contributed by atoms with Crippen molar-refractivity contribution in [2.24, 2.45) is 0 Å². The minimum Gasteiger partial charge on any atom is -0.497 e. The van der Waals surface area contributed by atoms with Crippen molar-refractivity contribution in [2.45, 2.75) is 0 Å². The van der Waals surface area contributed by atoms with Crippen LogP contribution >= 0.6 is 0 Å². The molecule has 1 aromatic rings. The maximum Gasteiger partial charge on any atom is 0.338 e. The van der Waals surface area contributed by atoms with E-state index in [0.717, 1.165) is 0 Å². The highest BCUT2D eigenvalue weighted by molar-refractivity contribution is 5.90. The number of rotatable bonds is 5. The van der Waals surface area contributed by atoms with Gasteiger partial charge in [-0.05, 0) is 12.1 Å². The summed E-state index contributed by atoms with van der Waals surface area (Å²) >= 11 is 0. The molecular formula is C11H14O5. The first-order valence-corrected chi connectivity index (χ1v) is 4.72. The molecule has 0 saturated heterocycles. The number of carbonyl (C=O) groups excluding carboxylic acids is 1. The van der Waals surface area contributed by atoms with Crippen molar-refractivity contribution < 1.29 is 24.1 Å². The minimum atomic E-state index is -0.465. The number of aliphatic hydroxyl groups is 1. The average Bonchev–Trinajstić information content (AvgIpc) is 2.34. The molecule has 0 bridgehead atoms. The van der Waals surface area contributed by atoms with E-state index < -0.39 is 5.97 Å². The van der Waals surface area contributed by atoms with Crippen molar-refractivity contribution in [3.63, 3.8) is 0 Å². The number of hydrogen-bond acceptors (Lipinski definition) is 5. The van der Waals surface area contributed by atoms with E-state index >= 15 is 0 Å². The summed E-state index contributed by atoms with van der Waals surface area (Å²) in [6.07, 6.45) is 0. The van der Waals surface area contributed by atoms with Crippen molar-refractivity contribution in [3.8, 4) is 11.5 Å². The van der Waals surface area contributed by atoms with Crippen LogP contribution in [-0.4, -0.2) is 38.5 Å². The number of carbonyl (C=O) groups is 1. The van der Waals surface area contributed by atoms with E-state index in [9.17, 15) is 4.79 Å². The molecule has 0 aromatic heterocycles. The van der Waals surface area contributed by atoms with Gasteiger partial charge in [0.1, 0.15) is 18.1 Å². The van der Waals surface area contributed by atoms with E-state index in [1.807, 2.05) is 0 Å². The van der Waals surface area contributed by atoms with E-state index in [1.54, 1.807) is 12.1 Å². The van der Waals surface area contributed by atoms with Gasteiger partial charge in [0.15, 0.2) is 0 Å². The highest BCUT2D eigenvalue weighted by Gasteiger charge is 2.09. The fourth-order valence-corrected chi connectivity index (χ4v) is 1.17. The third-order valence-electron chi connectivity index (χ3n) is 1.90. The number of ether oxygens (including phenoxy) is 3. The third kappa shape index (κ3) is 3.13. The largest absolute Gasteiger partial charge is 0.497 e. The average molecular weight is 226 g/mol. The van der Waals surface area contributed by atoms with Gasteiger partial charge in [0.25, 0.3) is 0 Å².